The van der Waals surface area contributed by atoms with Crippen molar-refractivity contribution in [1.29, 1.82) is 0 Å². The largest absolute Gasteiger partial charge is 0.442 e. The standard InChI is InChI=1S/C29H37Cl2N7O2/c1-20(18-34-29(33-2)38-10-8-36(3)9-11-38)40-28-14-22(19-37-6-4-21(5-7-37)13-27(32)39)12-26(35-28)23-15-24(30)17-25(31)16-23/h12,14-18,21H,2,4-11,13,19H2,1,3H3,(H2,32,39)/b20-18+,34-29+. The topological polar surface area (TPSA) is 99.6 Å². The van der Waals surface area contributed by atoms with E-state index in [4.69, 9.17) is 38.7 Å². The first kappa shape index (κ1) is 30.0. The molecule has 0 spiro atoms. The second kappa shape index (κ2) is 14.1. The third kappa shape index (κ3) is 8.76. The summed E-state index contributed by atoms with van der Waals surface area (Å²) >= 11 is 12.6. The smallest absolute Gasteiger partial charge is 0.224 e. The van der Waals surface area contributed by atoms with Crippen LogP contribution in [0.1, 0.15) is 31.7 Å². The number of halogens is 2. The van der Waals surface area contributed by atoms with Gasteiger partial charge in [-0.05, 0) is 82.4 Å². The minimum atomic E-state index is -0.230. The summed E-state index contributed by atoms with van der Waals surface area (Å²) in [5.74, 6) is 1.72. The second-order valence-corrected chi connectivity index (χ2v) is 11.3. The lowest BCUT2D eigenvalue weighted by atomic mass is 9.93. The van der Waals surface area contributed by atoms with Gasteiger partial charge in [0.05, 0.1) is 11.9 Å². The number of hydrogen-bond acceptors (Lipinski definition) is 6. The number of pyridine rings is 1. The van der Waals surface area contributed by atoms with Crippen LogP contribution >= 0.6 is 23.2 Å². The number of guanidine groups is 1. The van der Waals surface area contributed by atoms with Gasteiger partial charge in [-0.15, -0.1) is 0 Å². The molecule has 1 amide bonds. The Labute approximate surface area is 246 Å². The molecule has 0 atom stereocenters. The van der Waals surface area contributed by atoms with E-state index in [9.17, 15) is 4.79 Å². The van der Waals surface area contributed by atoms with E-state index in [1.165, 1.54) is 0 Å². The summed E-state index contributed by atoms with van der Waals surface area (Å²) in [5, 5.41) is 1.07. The molecule has 0 saturated carbocycles. The van der Waals surface area contributed by atoms with Crippen molar-refractivity contribution in [2.24, 2.45) is 21.6 Å². The summed E-state index contributed by atoms with van der Waals surface area (Å²) in [6.07, 6.45) is 3.99. The van der Waals surface area contributed by atoms with Gasteiger partial charge in [0, 0.05) is 60.8 Å². The predicted molar refractivity (Wildman–Crippen MR) is 162 cm³/mol. The van der Waals surface area contributed by atoms with Gasteiger partial charge in [0.1, 0.15) is 5.76 Å². The highest BCUT2D eigenvalue weighted by atomic mass is 35.5. The third-order valence-corrected chi connectivity index (χ3v) is 7.61. The number of allylic oxidation sites excluding steroid dienone is 1. The molecule has 1 aromatic carbocycles. The molecule has 0 unspecified atom stereocenters. The Bertz CT molecular complexity index is 1250. The molecule has 1 aromatic heterocycles. The fourth-order valence-corrected chi connectivity index (χ4v) is 5.54. The number of carbonyl (C=O) groups excluding carboxylic acids is 1. The zero-order valence-electron chi connectivity index (χ0n) is 23.2. The number of nitrogens with two attached hydrogens (primary N) is 1. The first-order chi connectivity index (χ1) is 19.2. The van der Waals surface area contributed by atoms with Crippen molar-refractivity contribution in [3.8, 4) is 17.1 Å². The highest BCUT2D eigenvalue weighted by Crippen LogP contribution is 2.30. The molecule has 0 bridgehead atoms. The van der Waals surface area contributed by atoms with E-state index in [1.54, 1.807) is 12.3 Å². The van der Waals surface area contributed by atoms with Gasteiger partial charge in [-0.2, -0.15) is 0 Å². The summed E-state index contributed by atoms with van der Waals surface area (Å²) in [5.41, 5.74) is 7.96. The zero-order chi connectivity index (χ0) is 28.6. The lowest BCUT2D eigenvalue weighted by Gasteiger charge is -2.32. The number of benzene rings is 1. The van der Waals surface area contributed by atoms with Gasteiger partial charge >= 0.3 is 0 Å². The monoisotopic (exact) mass is 585 g/mol. The Morgan fingerprint density at radius 2 is 1.77 bits per heavy atom. The van der Waals surface area contributed by atoms with Crippen LogP contribution in [0, 0.1) is 5.92 Å². The minimum absolute atomic E-state index is 0.230. The van der Waals surface area contributed by atoms with Gasteiger partial charge in [0.25, 0.3) is 0 Å². The Hall–Kier alpha value is -2.98. The lowest BCUT2D eigenvalue weighted by molar-refractivity contribution is -0.119. The molecule has 4 rings (SSSR count). The van der Waals surface area contributed by atoms with Crippen molar-refractivity contribution in [3.05, 3.63) is 57.9 Å². The molecule has 0 radical (unpaired) electrons. The number of likely N-dealkylation sites (N-methyl/N-ethyl adjacent to an activating group) is 1. The molecule has 11 heteroatoms. The van der Waals surface area contributed by atoms with Crippen LogP contribution in [0.4, 0.5) is 0 Å². The number of hydrogen-bond donors (Lipinski definition) is 1. The molecule has 2 aromatic rings. The van der Waals surface area contributed by atoms with Gasteiger partial charge in [0.2, 0.25) is 17.7 Å². The molecule has 2 aliphatic rings. The predicted octanol–water partition coefficient (Wildman–Crippen LogP) is 4.69. The van der Waals surface area contributed by atoms with Gasteiger partial charge < -0.3 is 20.3 Å². The van der Waals surface area contributed by atoms with E-state index in [1.807, 2.05) is 31.2 Å². The summed E-state index contributed by atoms with van der Waals surface area (Å²) in [6, 6.07) is 9.35. The van der Waals surface area contributed by atoms with E-state index >= 15 is 0 Å². The molecule has 214 valence electrons. The molecule has 2 fully saturated rings. The van der Waals surface area contributed by atoms with E-state index in [0.29, 0.717) is 45.7 Å². The van der Waals surface area contributed by atoms with Crippen molar-refractivity contribution in [3.63, 3.8) is 0 Å². The molecule has 0 aliphatic carbocycles. The lowest BCUT2D eigenvalue weighted by Crippen LogP contribution is -2.46. The number of amides is 1. The fourth-order valence-electron chi connectivity index (χ4n) is 5.01. The number of primary amides is 1. The van der Waals surface area contributed by atoms with Gasteiger partial charge in [-0.3, -0.25) is 9.69 Å². The Kier molecular flexibility index (Phi) is 10.6. The average Bonchev–Trinajstić information content (AvgIpc) is 2.90. The van der Waals surface area contributed by atoms with Crippen molar-refractivity contribution in [1.82, 2.24) is 19.7 Å². The Morgan fingerprint density at radius 3 is 2.40 bits per heavy atom. The minimum Gasteiger partial charge on any atom is -0.442 e. The van der Waals surface area contributed by atoms with E-state index in [2.05, 4.69) is 38.4 Å². The van der Waals surface area contributed by atoms with Crippen LogP contribution in [0.5, 0.6) is 5.88 Å². The number of likely N-dealkylation sites (tertiary alicyclic amines) is 1. The van der Waals surface area contributed by atoms with Crippen LogP contribution < -0.4 is 10.5 Å². The molecule has 2 saturated heterocycles. The second-order valence-electron chi connectivity index (χ2n) is 10.5. The number of aromatic nitrogens is 1. The van der Waals surface area contributed by atoms with Crippen molar-refractivity contribution < 1.29 is 9.53 Å². The van der Waals surface area contributed by atoms with Crippen LogP contribution in [0.3, 0.4) is 0 Å². The maximum atomic E-state index is 11.3. The molecule has 40 heavy (non-hydrogen) atoms. The first-order valence-corrected chi connectivity index (χ1v) is 14.2. The number of piperazine rings is 1. The van der Waals surface area contributed by atoms with E-state index in [-0.39, 0.29) is 5.91 Å². The highest BCUT2D eigenvalue weighted by molar-refractivity contribution is 6.35. The number of carbonyl (C=O) groups is 1. The third-order valence-electron chi connectivity index (χ3n) is 7.18. The van der Waals surface area contributed by atoms with Crippen molar-refractivity contribution >= 4 is 41.8 Å². The maximum Gasteiger partial charge on any atom is 0.224 e. The van der Waals surface area contributed by atoms with Crippen LogP contribution in [-0.2, 0) is 11.3 Å². The highest BCUT2D eigenvalue weighted by Gasteiger charge is 2.21. The Morgan fingerprint density at radius 1 is 1.10 bits per heavy atom. The van der Waals surface area contributed by atoms with E-state index < -0.39 is 0 Å². The molecule has 3 heterocycles. The van der Waals surface area contributed by atoms with Crippen molar-refractivity contribution in [2.75, 3.05) is 46.3 Å². The summed E-state index contributed by atoms with van der Waals surface area (Å²) in [7, 11) is 2.10. The van der Waals surface area contributed by atoms with Crippen molar-refractivity contribution in [2.45, 2.75) is 32.7 Å². The quantitative estimate of drug-likeness (QED) is 0.274. The van der Waals surface area contributed by atoms with Gasteiger partial charge in [0.15, 0.2) is 0 Å². The van der Waals surface area contributed by atoms with Gasteiger partial charge in [-0.1, -0.05) is 23.2 Å². The summed E-state index contributed by atoms with van der Waals surface area (Å²) in [6.45, 7) is 11.6. The fraction of sp³-hybridized carbons (Fsp3) is 0.448. The first-order valence-electron chi connectivity index (χ1n) is 13.5. The molecule has 2 N–H and O–H groups in total. The SMILES string of the molecule is C=N/C(=N\C=C(/C)Oc1cc(CN2CCC(CC(N)=O)CC2)cc(-c2cc(Cl)cc(Cl)c2)n1)N1CCN(C)CC1. The normalized spacial score (nSPS) is 18.1. The van der Waals surface area contributed by atoms with E-state index in [0.717, 1.165) is 69.8 Å². The van der Waals surface area contributed by atoms with Crippen LogP contribution in [0.2, 0.25) is 10.0 Å². The zero-order valence-corrected chi connectivity index (χ0v) is 24.7. The molecular weight excluding hydrogens is 549 g/mol. The summed E-state index contributed by atoms with van der Waals surface area (Å²) < 4.78 is 6.15. The molecule has 9 nitrogen and oxygen atoms in total. The molecular formula is C29H37Cl2N7O2. The number of piperidine rings is 1. The number of rotatable bonds is 8. The van der Waals surface area contributed by atoms with Gasteiger partial charge in [-0.25, -0.2) is 15.0 Å². The van der Waals surface area contributed by atoms with Crippen LogP contribution in [0.25, 0.3) is 11.3 Å². The summed E-state index contributed by atoms with van der Waals surface area (Å²) in [4.78, 5) is 31.5. The molecule has 2 aliphatic heterocycles. The number of aliphatic imine (C=N–C) groups is 2. The van der Waals surface area contributed by atoms with Crippen LogP contribution in [-0.4, -0.2) is 84.6 Å². The Balaban J connectivity index is 1.54. The number of nitrogens with zero attached hydrogens (tertiary/aromatic N) is 6. The number of ether oxygens (including phenoxy) is 1. The maximum absolute atomic E-state index is 11.3. The van der Waals surface area contributed by atoms with Crippen LogP contribution in [0.15, 0.2) is 52.3 Å². The average molecular weight is 587 g/mol.